The molecular formula is C13H7ClF2N4O. The number of imidazole rings is 1. The third kappa shape index (κ3) is 2.02. The van der Waals surface area contributed by atoms with Crippen molar-refractivity contribution in [1.29, 1.82) is 0 Å². The Balaban J connectivity index is 2.46. The van der Waals surface area contributed by atoms with E-state index in [1.807, 2.05) is 0 Å². The van der Waals surface area contributed by atoms with Crippen molar-refractivity contribution in [3.05, 3.63) is 47.2 Å². The molecular weight excluding hydrogens is 302 g/mol. The molecule has 0 radical (unpaired) electrons. The van der Waals surface area contributed by atoms with Gasteiger partial charge in [-0.25, -0.2) is 23.1 Å². The fourth-order valence-corrected chi connectivity index (χ4v) is 2.33. The first-order valence-corrected chi connectivity index (χ1v) is 6.14. The Morgan fingerprint density at radius 2 is 2.00 bits per heavy atom. The van der Waals surface area contributed by atoms with Crippen molar-refractivity contribution in [3.8, 4) is 11.4 Å². The van der Waals surface area contributed by atoms with Gasteiger partial charge in [0.2, 0.25) is 0 Å². The van der Waals surface area contributed by atoms with Gasteiger partial charge < -0.3 is 5.73 Å². The monoisotopic (exact) mass is 308 g/mol. The molecule has 0 unspecified atom stereocenters. The number of nitrogens with two attached hydrogens (primary N) is 1. The third-order valence-electron chi connectivity index (χ3n) is 2.92. The van der Waals surface area contributed by atoms with Crippen molar-refractivity contribution >= 4 is 28.7 Å². The molecule has 0 atom stereocenters. The minimum atomic E-state index is -1.00. The average Bonchev–Trinajstić information content (AvgIpc) is 2.79. The number of hydrogen-bond acceptors (Lipinski definition) is 3. The van der Waals surface area contributed by atoms with E-state index in [0.29, 0.717) is 0 Å². The van der Waals surface area contributed by atoms with E-state index in [1.54, 1.807) is 0 Å². The first kappa shape index (κ1) is 13.4. The van der Waals surface area contributed by atoms with Crippen molar-refractivity contribution in [1.82, 2.24) is 14.5 Å². The summed E-state index contributed by atoms with van der Waals surface area (Å²) in [6.45, 7) is 0. The number of fused-ring (bicyclic) bond motifs is 1. The van der Waals surface area contributed by atoms with Crippen LogP contribution in [-0.4, -0.2) is 20.6 Å². The number of carbonyl (C=O) groups excluding carboxylic acids is 1. The van der Waals surface area contributed by atoms with Crippen LogP contribution >= 0.6 is 11.6 Å². The van der Waals surface area contributed by atoms with Crippen LogP contribution in [0.25, 0.3) is 22.4 Å². The lowest BCUT2D eigenvalue weighted by atomic mass is 10.2. The maximum absolute atomic E-state index is 14.0. The minimum absolute atomic E-state index is 0.0289. The van der Waals surface area contributed by atoms with Gasteiger partial charge in [-0.2, -0.15) is 0 Å². The van der Waals surface area contributed by atoms with Crippen molar-refractivity contribution in [2.45, 2.75) is 0 Å². The Labute approximate surface area is 122 Å². The van der Waals surface area contributed by atoms with Crippen LogP contribution in [0.2, 0.25) is 5.02 Å². The van der Waals surface area contributed by atoms with Crippen molar-refractivity contribution < 1.29 is 13.6 Å². The van der Waals surface area contributed by atoms with Gasteiger partial charge in [0, 0.05) is 0 Å². The molecule has 0 saturated carbocycles. The summed E-state index contributed by atoms with van der Waals surface area (Å²) < 4.78 is 28.7. The number of pyridine rings is 1. The lowest BCUT2D eigenvalue weighted by Gasteiger charge is -2.07. The van der Waals surface area contributed by atoms with E-state index in [4.69, 9.17) is 17.3 Å². The molecule has 5 nitrogen and oxygen atoms in total. The quantitative estimate of drug-likeness (QED) is 0.751. The summed E-state index contributed by atoms with van der Waals surface area (Å²) in [5, 5.41) is 0.0289. The summed E-state index contributed by atoms with van der Waals surface area (Å²) in [7, 11) is 0. The van der Waals surface area contributed by atoms with Crippen LogP contribution in [0.5, 0.6) is 0 Å². The van der Waals surface area contributed by atoms with Gasteiger partial charge in [-0.15, -0.1) is 0 Å². The molecule has 2 N–H and O–H groups in total. The van der Waals surface area contributed by atoms with E-state index in [2.05, 4.69) is 9.97 Å². The Hall–Kier alpha value is -2.54. The highest BCUT2D eigenvalue weighted by molar-refractivity contribution is 6.33. The molecule has 0 aliphatic carbocycles. The van der Waals surface area contributed by atoms with Crippen LogP contribution < -0.4 is 5.73 Å². The number of nitrogens with zero attached hydrogens (tertiary/aromatic N) is 3. The van der Waals surface area contributed by atoms with Gasteiger partial charge >= 0.3 is 6.03 Å². The number of halogens is 3. The molecule has 0 fully saturated rings. The molecule has 0 spiro atoms. The van der Waals surface area contributed by atoms with Crippen molar-refractivity contribution in [2.75, 3.05) is 0 Å². The number of carbonyl (C=O) groups is 1. The molecule has 3 aromatic rings. The molecule has 0 bridgehead atoms. The van der Waals surface area contributed by atoms with E-state index >= 15 is 0 Å². The van der Waals surface area contributed by atoms with E-state index in [0.717, 1.165) is 16.8 Å². The fraction of sp³-hybridized carbons (Fsp3) is 0. The molecule has 3 rings (SSSR count). The SMILES string of the molecule is NC(=O)n1c(-c2c(F)cccc2Cl)nc2cncc(F)c21. The summed E-state index contributed by atoms with van der Waals surface area (Å²) >= 11 is 5.95. The molecule has 106 valence electrons. The Morgan fingerprint density at radius 1 is 1.24 bits per heavy atom. The summed E-state index contributed by atoms with van der Waals surface area (Å²) in [5.41, 5.74) is 5.03. The van der Waals surface area contributed by atoms with Gasteiger partial charge in [0.25, 0.3) is 0 Å². The number of hydrogen-bond donors (Lipinski definition) is 1. The normalized spacial score (nSPS) is 11.0. The smallest absolute Gasteiger partial charge is 0.325 e. The predicted octanol–water partition coefficient (Wildman–Crippen LogP) is 2.96. The van der Waals surface area contributed by atoms with Gasteiger partial charge in [0.05, 0.1) is 23.0 Å². The van der Waals surface area contributed by atoms with Crippen LogP contribution in [0.3, 0.4) is 0 Å². The summed E-state index contributed by atoms with van der Waals surface area (Å²) in [6, 6.07) is 2.98. The van der Waals surface area contributed by atoms with Gasteiger partial charge in [-0.3, -0.25) is 4.98 Å². The van der Waals surface area contributed by atoms with Crippen LogP contribution in [0, 0.1) is 11.6 Å². The maximum Gasteiger partial charge on any atom is 0.325 e. The number of aromatic nitrogens is 3. The predicted molar refractivity (Wildman–Crippen MR) is 72.9 cm³/mol. The lowest BCUT2D eigenvalue weighted by molar-refractivity contribution is 0.251. The maximum atomic E-state index is 14.0. The molecule has 0 saturated heterocycles. The van der Waals surface area contributed by atoms with E-state index in [9.17, 15) is 13.6 Å². The Morgan fingerprint density at radius 3 is 2.67 bits per heavy atom. The molecule has 1 aromatic carbocycles. The van der Waals surface area contributed by atoms with Crippen molar-refractivity contribution in [2.24, 2.45) is 5.73 Å². The zero-order valence-electron chi connectivity index (χ0n) is 10.3. The average molecular weight is 309 g/mol. The summed E-state index contributed by atoms with van der Waals surface area (Å²) in [5.74, 6) is -1.67. The molecule has 0 aliphatic rings. The van der Waals surface area contributed by atoms with Gasteiger partial charge in [0.1, 0.15) is 16.9 Å². The number of amides is 1. The molecule has 0 aliphatic heterocycles. The van der Waals surface area contributed by atoms with Crippen LogP contribution in [0.4, 0.5) is 13.6 Å². The molecule has 2 heterocycles. The highest BCUT2D eigenvalue weighted by Gasteiger charge is 2.23. The number of primary amides is 1. The zero-order chi connectivity index (χ0) is 15.1. The molecule has 1 amide bonds. The van der Waals surface area contributed by atoms with Crippen LogP contribution in [0.1, 0.15) is 0 Å². The van der Waals surface area contributed by atoms with Crippen LogP contribution in [-0.2, 0) is 0 Å². The van der Waals surface area contributed by atoms with Gasteiger partial charge in [-0.05, 0) is 12.1 Å². The second kappa shape index (κ2) is 4.78. The standard InChI is InChI=1S/C13H7ClF2N4O/c14-6-2-1-3-7(15)10(6)12-19-9-5-18-4-8(16)11(9)20(12)13(17)21/h1-5H,(H2,17,21). The number of benzene rings is 1. The lowest BCUT2D eigenvalue weighted by Crippen LogP contribution is -2.21. The van der Waals surface area contributed by atoms with Crippen LogP contribution in [0.15, 0.2) is 30.6 Å². The minimum Gasteiger partial charge on any atom is -0.351 e. The first-order valence-electron chi connectivity index (χ1n) is 5.77. The van der Waals surface area contributed by atoms with E-state index in [-0.39, 0.29) is 27.4 Å². The zero-order valence-corrected chi connectivity index (χ0v) is 11.1. The Bertz CT molecular complexity index is 858. The molecule has 21 heavy (non-hydrogen) atoms. The number of rotatable bonds is 1. The highest BCUT2D eigenvalue weighted by Crippen LogP contribution is 2.32. The largest absolute Gasteiger partial charge is 0.351 e. The van der Waals surface area contributed by atoms with Crippen molar-refractivity contribution in [3.63, 3.8) is 0 Å². The topological polar surface area (TPSA) is 73.8 Å². The third-order valence-corrected chi connectivity index (χ3v) is 3.24. The first-order chi connectivity index (χ1) is 10.0. The molecule has 2 aromatic heterocycles. The highest BCUT2D eigenvalue weighted by atomic mass is 35.5. The molecule has 8 heteroatoms. The summed E-state index contributed by atoms with van der Waals surface area (Å²) in [4.78, 5) is 19.3. The second-order valence-electron chi connectivity index (χ2n) is 4.19. The van der Waals surface area contributed by atoms with Gasteiger partial charge in [0.15, 0.2) is 11.6 Å². The van der Waals surface area contributed by atoms with E-state index in [1.165, 1.54) is 18.3 Å². The Kier molecular flexibility index (Phi) is 3.06. The second-order valence-corrected chi connectivity index (χ2v) is 4.60. The summed E-state index contributed by atoms with van der Waals surface area (Å²) in [6.07, 6.45) is 2.16. The van der Waals surface area contributed by atoms with Gasteiger partial charge in [-0.1, -0.05) is 17.7 Å². The fourth-order valence-electron chi connectivity index (χ4n) is 2.08. The van der Waals surface area contributed by atoms with E-state index < -0.39 is 17.7 Å².